The predicted molar refractivity (Wildman–Crippen MR) is 50.9 cm³/mol. The van der Waals surface area contributed by atoms with Gasteiger partial charge in [0.15, 0.2) is 0 Å². The van der Waals surface area contributed by atoms with Crippen molar-refractivity contribution in [3.63, 3.8) is 0 Å². The molecule has 74 valence electrons. The molecule has 1 atom stereocenters. The van der Waals surface area contributed by atoms with Crippen LogP contribution in [-0.2, 0) is 4.79 Å². The highest BCUT2D eigenvalue weighted by Crippen LogP contribution is 2.32. The first-order valence-electron chi connectivity index (χ1n) is 5.79. The van der Waals surface area contributed by atoms with Crippen LogP contribution in [0.5, 0.6) is 5.88 Å². The molecule has 1 aromatic heterocycles. The van der Waals surface area contributed by atoms with E-state index >= 15 is 0 Å². The summed E-state index contributed by atoms with van der Waals surface area (Å²) >= 11 is 0. The third kappa shape index (κ3) is 1.32. The molecule has 1 unspecified atom stereocenters. The number of pyridine rings is 1. The van der Waals surface area contributed by atoms with Gasteiger partial charge in [-0.15, -0.1) is 0 Å². The molecule has 1 amide bonds. The summed E-state index contributed by atoms with van der Waals surface area (Å²) in [7, 11) is 0. The van der Waals surface area contributed by atoms with E-state index in [9.17, 15) is 4.79 Å². The van der Waals surface area contributed by atoms with Crippen LogP contribution in [-0.4, -0.2) is 29.4 Å². The molecule has 0 aromatic carbocycles. The van der Waals surface area contributed by atoms with Crippen molar-refractivity contribution in [2.75, 3.05) is 13.6 Å². The van der Waals surface area contributed by atoms with Gasteiger partial charge < -0.3 is 9.64 Å². The highest BCUT2D eigenvalue weighted by atomic mass is 16.5. The van der Waals surface area contributed by atoms with E-state index in [1.165, 1.54) is 6.92 Å². The fraction of sp³-hybridized carbons (Fsp3) is 0.400. The first-order valence-corrected chi connectivity index (χ1v) is 4.29. The maximum absolute atomic E-state index is 11.5. The van der Waals surface area contributed by atoms with Crippen molar-refractivity contribution in [3.05, 3.63) is 23.9 Å². The average molecular weight is 195 g/mol. The number of aromatic nitrogens is 1. The van der Waals surface area contributed by atoms with Crippen molar-refractivity contribution in [3.8, 4) is 5.88 Å². The lowest BCUT2D eigenvalue weighted by Crippen LogP contribution is -2.29. The van der Waals surface area contributed by atoms with E-state index < -0.39 is 18.9 Å². The van der Waals surface area contributed by atoms with Gasteiger partial charge in [0.05, 0.1) is 6.04 Å². The largest absolute Gasteiger partial charge is 0.475 e. The van der Waals surface area contributed by atoms with Crippen molar-refractivity contribution >= 4 is 5.91 Å². The SMILES string of the molecule is [2H]C([2H])([2H])N(C(C)=O)C1COc2ncccc21. The molecule has 0 saturated carbocycles. The van der Waals surface area contributed by atoms with Gasteiger partial charge in [0.25, 0.3) is 0 Å². The Balaban J connectivity index is 2.38. The summed E-state index contributed by atoms with van der Waals surface area (Å²) in [5, 5.41) is 0. The zero-order chi connectivity index (χ0) is 12.6. The van der Waals surface area contributed by atoms with Gasteiger partial charge in [0, 0.05) is 29.8 Å². The van der Waals surface area contributed by atoms with Crippen LogP contribution in [0.25, 0.3) is 0 Å². The van der Waals surface area contributed by atoms with Gasteiger partial charge in [-0.05, 0) is 12.1 Å². The van der Waals surface area contributed by atoms with Crippen LogP contribution in [0.3, 0.4) is 0 Å². The molecule has 1 aliphatic rings. The van der Waals surface area contributed by atoms with Crippen molar-refractivity contribution in [2.24, 2.45) is 0 Å². The van der Waals surface area contributed by atoms with Gasteiger partial charge in [0.2, 0.25) is 11.8 Å². The van der Waals surface area contributed by atoms with Crippen LogP contribution in [0.1, 0.15) is 22.6 Å². The second kappa shape index (κ2) is 3.29. The highest BCUT2D eigenvalue weighted by molar-refractivity contribution is 5.73. The molecular weight excluding hydrogens is 180 g/mol. The Bertz CT molecular complexity index is 447. The fourth-order valence-corrected chi connectivity index (χ4v) is 1.46. The smallest absolute Gasteiger partial charge is 0.219 e. The predicted octanol–water partition coefficient (Wildman–Crippen LogP) is 0.993. The number of hydrogen-bond acceptors (Lipinski definition) is 3. The number of carbonyl (C=O) groups is 1. The minimum atomic E-state index is -2.47. The molecule has 0 aliphatic carbocycles. The van der Waals surface area contributed by atoms with Gasteiger partial charge in [-0.3, -0.25) is 4.79 Å². The number of ether oxygens (including phenoxy) is 1. The summed E-state index contributed by atoms with van der Waals surface area (Å²) in [5.41, 5.74) is 0.638. The molecule has 4 heteroatoms. The van der Waals surface area contributed by atoms with Crippen LogP contribution < -0.4 is 4.74 Å². The number of amides is 1. The monoisotopic (exact) mass is 195 g/mol. The van der Waals surface area contributed by atoms with Crippen LogP contribution in [0.15, 0.2) is 18.3 Å². The number of rotatable bonds is 1. The quantitative estimate of drug-likeness (QED) is 0.671. The number of fused-ring (bicyclic) bond motifs is 1. The molecule has 4 nitrogen and oxygen atoms in total. The van der Waals surface area contributed by atoms with Gasteiger partial charge in [0.1, 0.15) is 6.61 Å². The van der Waals surface area contributed by atoms with E-state index in [2.05, 4.69) is 4.98 Å². The maximum Gasteiger partial charge on any atom is 0.219 e. The third-order valence-corrected chi connectivity index (χ3v) is 2.19. The summed E-state index contributed by atoms with van der Waals surface area (Å²) in [6.45, 7) is -1.11. The first kappa shape index (κ1) is 6.01. The van der Waals surface area contributed by atoms with Crippen LogP contribution in [0.2, 0.25) is 0 Å². The summed E-state index contributed by atoms with van der Waals surface area (Å²) in [6, 6.07) is 2.82. The second-order valence-electron chi connectivity index (χ2n) is 3.11. The van der Waals surface area contributed by atoms with Gasteiger partial charge in [-0.25, -0.2) is 4.98 Å². The molecule has 1 aliphatic heterocycles. The maximum atomic E-state index is 11.5. The number of likely N-dealkylation sites (N-methyl/N-ethyl adjacent to an activating group) is 1. The van der Waals surface area contributed by atoms with E-state index in [1.807, 2.05) is 0 Å². The summed E-state index contributed by atoms with van der Waals surface area (Å²) < 4.78 is 27.4. The standard InChI is InChI=1S/C10H12N2O2/c1-7(13)12(2)9-6-14-10-8(9)4-3-5-11-10/h3-5,9H,6H2,1-2H3/i2D3. The van der Waals surface area contributed by atoms with Crippen LogP contribution >= 0.6 is 0 Å². The number of carbonyl (C=O) groups excluding carboxylic acids is 1. The highest BCUT2D eigenvalue weighted by Gasteiger charge is 2.29. The lowest BCUT2D eigenvalue weighted by molar-refractivity contribution is -0.129. The van der Waals surface area contributed by atoms with Gasteiger partial charge in [-0.1, -0.05) is 0 Å². The van der Waals surface area contributed by atoms with E-state index in [1.54, 1.807) is 18.3 Å². The molecule has 0 N–H and O–H groups in total. The van der Waals surface area contributed by atoms with Crippen molar-refractivity contribution in [2.45, 2.75) is 13.0 Å². The molecule has 0 saturated heterocycles. The molecule has 2 heterocycles. The number of nitrogens with zero attached hydrogens (tertiary/aromatic N) is 2. The van der Waals surface area contributed by atoms with E-state index in [4.69, 9.17) is 8.85 Å². The van der Waals surface area contributed by atoms with E-state index in [0.717, 1.165) is 4.90 Å². The molecule has 0 spiro atoms. The Kier molecular flexibility index (Phi) is 1.41. The molecule has 1 aromatic rings. The summed E-state index contributed by atoms with van der Waals surface area (Å²) in [5.74, 6) is -0.108. The molecular formula is C10H12N2O2. The van der Waals surface area contributed by atoms with Crippen molar-refractivity contribution < 1.29 is 13.6 Å². The third-order valence-electron chi connectivity index (χ3n) is 2.19. The number of hydrogen-bond donors (Lipinski definition) is 0. The Morgan fingerprint density at radius 1 is 1.86 bits per heavy atom. The molecule has 2 rings (SSSR count). The molecule has 14 heavy (non-hydrogen) atoms. The summed E-state index contributed by atoms with van der Waals surface area (Å²) in [6.07, 6.45) is 1.56. The van der Waals surface area contributed by atoms with Crippen molar-refractivity contribution in [1.29, 1.82) is 0 Å². The first-order chi connectivity index (χ1) is 7.91. The topological polar surface area (TPSA) is 42.4 Å². The molecule has 0 bridgehead atoms. The average Bonchev–Trinajstić information content (AvgIpc) is 2.60. The van der Waals surface area contributed by atoms with Gasteiger partial charge >= 0.3 is 0 Å². The minimum absolute atomic E-state index is 0.129. The second-order valence-corrected chi connectivity index (χ2v) is 3.11. The fourth-order valence-electron chi connectivity index (χ4n) is 1.46. The lowest BCUT2D eigenvalue weighted by atomic mass is 10.1. The Hall–Kier alpha value is -1.58. The van der Waals surface area contributed by atoms with Crippen molar-refractivity contribution in [1.82, 2.24) is 9.88 Å². The Morgan fingerprint density at radius 3 is 3.43 bits per heavy atom. The van der Waals surface area contributed by atoms with Crippen LogP contribution in [0.4, 0.5) is 0 Å². The minimum Gasteiger partial charge on any atom is -0.475 e. The van der Waals surface area contributed by atoms with Crippen LogP contribution in [0, 0.1) is 0 Å². The Labute approximate surface area is 86.7 Å². The zero-order valence-corrected chi connectivity index (χ0v) is 7.73. The Morgan fingerprint density at radius 2 is 2.71 bits per heavy atom. The normalized spacial score (nSPS) is 22.6. The van der Waals surface area contributed by atoms with E-state index in [0.29, 0.717) is 11.4 Å². The summed E-state index contributed by atoms with van der Waals surface area (Å²) in [4.78, 5) is 16.3. The van der Waals surface area contributed by atoms with E-state index in [-0.39, 0.29) is 6.61 Å². The lowest BCUT2D eigenvalue weighted by Gasteiger charge is -2.21. The zero-order valence-electron chi connectivity index (χ0n) is 10.7. The molecule has 0 radical (unpaired) electrons. The van der Waals surface area contributed by atoms with Gasteiger partial charge in [-0.2, -0.15) is 0 Å². The molecule has 0 fully saturated rings.